The van der Waals surface area contributed by atoms with Gasteiger partial charge in [-0.15, -0.1) is 0 Å². The lowest BCUT2D eigenvalue weighted by molar-refractivity contribution is 0.0555. The quantitative estimate of drug-likeness (QED) is 0.142. The first-order valence-electron chi connectivity index (χ1n) is 13.9. The smallest absolute Gasteiger partial charge is 0.338 e. The molecule has 8 nitrogen and oxygen atoms in total. The number of anilines is 4. The molecule has 0 heterocycles. The first-order chi connectivity index (χ1) is 21.5. The van der Waals surface area contributed by atoms with Gasteiger partial charge < -0.3 is 29.6 Å². The fraction of sp³-hybridized carbons (Fsp3) is 0.111. The van der Waals surface area contributed by atoms with Gasteiger partial charge in [-0.05, 0) is 71.8 Å². The van der Waals surface area contributed by atoms with Gasteiger partial charge in [0.05, 0.1) is 36.7 Å². The van der Waals surface area contributed by atoms with Crippen molar-refractivity contribution < 1.29 is 28.5 Å². The van der Waals surface area contributed by atoms with Crippen molar-refractivity contribution in [3.63, 3.8) is 0 Å². The normalized spacial score (nSPS) is 10.4. The van der Waals surface area contributed by atoms with Gasteiger partial charge in [-0.25, -0.2) is 9.59 Å². The van der Waals surface area contributed by atoms with Gasteiger partial charge in [-0.3, -0.25) is 0 Å². The minimum Gasteiger partial charge on any atom is -0.489 e. The van der Waals surface area contributed by atoms with Crippen molar-refractivity contribution >= 4 is 34.7 Å². The van der Waals surface area contributed by atoms with Crippen LogP contribution in [0, 0.1) is 0 Å². The predicted molar refractivity (Wildman–Crippen MR) is 170 cm³/mol. The summed E-state index contributed by atoms with van der Waals surface area (Å²) in [6, 6.07) is 37.9. The second-order valence-corrected chi connectivity index (χ2v) is 9.77. The summed E-state index contributed by atoms with van der Waals surface area (Å²) in [5.41, 5.74) is 4.85. The van der Waals surface area contributed by atoms with Crippen LogP contribution in [0.25, 0.3) is 0 Å². The van der Waals surface area contributed by atoms with Gasteiger partial charge in [-0.1, -0.05) is 60.7 Å². The van der Waals surface area contributed by atoms with Gasteiger partial charge >= 0.3 is 11.9 Å². The van der Waals surface area contributed by atoms with Crippen LogP contribution in [0.15, 0.2) is 121 Å². The number of carbonyl (C=O) groups is 2. The van der Waals surface area contributed by atoms with Crippen molar-refractivity contribution in [2.75, 3.05) is 24.9 Å². The van der Waals surface area contributed by atoms with Crippen molar-refractivity contribution in [2.45, 2.75) is 13.2 Å². The second kappa shape index (κ2) is 14.4. The molecule has 222 valence electrons. The number of carbonyl (C=O) groups excluding carboxylic acids is 2. The van der Waals surface area contributed by atoms with Crippen LogP contribution in [0.5, 0.6) is 11.5 Å². The summed E-state index contributed by atoms with van der Waals surface area (Å²) in [6.45, 7) is 0.907. The third-order valence-corrected chi connectivity index (χ3v) is 6.73. The Bertz CT molecular complexity index is 1560. The summed E-state index contributed by atoms with van der Waals surface area (Å²) >= 11 is 0. The Morgan fingerprint density at radius 2 is 0.886 bits per heavy atom. The predicted octanol–water partition coefficient (Wildman–Crippen LogP) is 7.91. The Balaban J connectivity index is 1.37. The van der Waals surface area contributed by atoms with Crippen molar-refractivity contribution in [1.29, 1.82) is 0 Å². The molecule has 44 heavy (non-hydrogen) atoms. The average molecular weight is 589 g/mol. The highest BCUT2D eigenvalue weighted by Crippen LogP contribution is 2.34. The number of esters is 2. The molecule has 0 fully saturated rings. The highest BCUT2D eigenvalue weighted by Gasteiger charge is 2.22. The van der Waals surface area contributed by atoms with Crippen LogP contribution in [-0.2, 0) is 22.7 Å². The Labute approximate surface area is 256 Å². The first kappa shape index (κ1) is 29.7. The Hall–Kier alpha value is -5.76. The molecular formula is C36H32N2O6. The molecule has 0 aliphatic heterocycles. The zero-order valence-electron chi connectivity index (χ0n) is 24.4. The monoisotopic (exact) mass is 588 g/mol. The minimum absolute atomic E-state index is 0.0693. The fourth-order valence-electron chi connectivity index (χ4n) is 4.43. The summed E-state index contributed by atoms with van der Waals surface area (Å²) in [7, 11) is 2.52. The Kier molecular flexibility index (Phi) is 9.74. The lowest BCUT2D eigenvalue weighted by Crippen LogP contribution is -2.13. The van der Waals surface area contributed by atoms with E-state index in [-0.39, 0.29) is 11.1 Å². The lowest BCUT2D eigenvalue weighted by Gasteiger charge is -2.18. The van der Waals surface area contributed by atoms with E-state index in [1.807, 2.05) is 109 Å². The van der Waals surface area contributed by atoms with Gasteiger partial charge in [0.15, 0.2) is 0 Å². The second-order valence-electron chi connectivity index (χ2n) is 9.77. The molecule has 0 radical (unpaired) electrons. The van der Waals surface area contributed by atoms with E-state index in [1.54, 1.807) is 12.1 Å². The molecule has 0 aliphatic rings. The first-order valence-corrected chi connectivity index (χ1v) is 13.9. The van der Waals surface area contributed by atoms with Crippen molar-refractivity contribution in [3.05, 3.63) is 144 Å². The van der Waals surface area contributed by atoms with E-state index in [0.29, 0.717) is 36.1 Å². The topological polar surface area (TPSA) is 95.1 Å². The zero-order chi connectivity index (χ0) is 30.7. The number of ether oxygens (including phenoxy) is 4. The highest BCUT2D eigenvalue weighted by atomic mass is 16.5. The molecule has 0 aromatic heterocycles. The molecule has 0 spiro atoms. The highest BCUT2D eigenvalue weighted by molar-refractivity contribution is 6.06. The van der Waals surface area contributed by atoms with Crippen LogP contribution >= 0.6 is 0 Å². The van der Waals surface area contributed by atoms with Gasteiger partial charge in [-0.2, -0.15) is 0 Å². The Morgan fingerprint density at radius 3 is 1.23 bits per heavy atom. The number of hydrogen-bond acceptors (Lipinski definition) is 8. The summed E-state index contributed by atoms with van der Waals surface area (Å²) in [6.07, 6.45) is 0. The lowest BCUT2D eigenvalue weighted by atomic mass is 10.0. The number of benzene rings is 5. The largest absolute Gasteiger partial charge is 0.489 e. The fourth-order valence-corrected chi connectivity index (χ4v) is 4.43. The van der Waals surface area contributed by atoms with E-state index in [9.17, 15) is 9.59 Å². The maximum Gasteiger partial charge on any atom is 0.338 e. The SMILES string of the molecule is COC(=O)c1cc(Nc2ccc(OCc3ccccc3)cc2)c(Nc2ccc(OCc3ccccc3)cc2)cc1C(=O)OC. The van der Waals surface area contributed by atoms with E-state index < -0.39 is 11.9 Å². The molecule has 5 rings (SSSR count). The van der Waals surface area contributed by atoms with Crippen LogP contribution < -0.4 is 20.1 Å². The van der Waals surface area contributed by atoms with E-state index in [1.165, 1.54) is 14.2 Å². The number of hydrogen-bond donors (Lipinski definition) is 2. The van der Waals surface area contributed by atoms with Crippen LogP contribution in [0.4, 0.5) is 22.7 Å². The molecule has 2 N–H and O–H groups in total. The summed E-state index contributed by atoms with van der Waals surface area (Å²) in [5, 5.41) is 6.69. The van der Waals surface area contributed by atoms with Crippen molar-refractivity contribution in [2.24, 2.45) is 0 Å². The molecule has 0 saturated heterocycles. The molecule has 0 aliphatic carbocycles. The molecule has 0 amide bonds. The molecule has 0 atom stereocenters. The molecule has 0 saturated carbocycles. The van der Waals surface area contributed by atoms with Crippen LogP contribution in [0.2, 0.25) is 0 Å². The third-order valence-electron chi connectivity index (χ3n) is 6.73. The standard InChI is InChI=1S/C36H32N2O6/c1-41-35(39)31-21-33(37-27-13-17-29(18-14-27)43-23-25-9-5-3-6-10-25)34(22-32(31)36(40)42-2)38-28-15-19-30(20-16-28)44-24-26-11-7-4-8-12-26/h3-22,37-38H,23-24H2,1-2H3. The van der Waals surface area contributed by atoms with Crippen molar-refractivity contribution in [3.8, 4) is 11.5 Å². The summed E-state index contributed by atoms with van der Waals surface area (Å²) in [4.78, 5) is 25.3. The maximum absolute atomic E-state index is 12.7. The summed E-state index contributed by atoms with van der Waals surface area (Å²) in [5.74, 6) is 0.0985. The van der Waals surface area contributed by atoms with Crippen LogP contribution in [-0.4, -0.2) is 26.2 Å². The molecule has 5 aromatic rings. The van der Waals surface area contributed by atoms with E-state index in [2.05, 4.69) is 10.6 Å². The van der Waals surface area contributed by atoms with Crippen LogP contribution in [0.3, 0.4) is 0 Å². The van der Waals surface area contributed by atoms with E-state index in [0.717, 1.165) is 22.5 Å². The molecule has 8 heteroatoms. The minimum atomic E-state index is -0.662. The molecular weight excluding hydrogens is 556 g/mol. The molecule has 0 bridgehead atoms. The average Bonchev–Trinajstić information content (AvgIpc) is 3.08. The number of nitrogens with one attached hydrogen (secondary N) is 2. The van der Waals surface area contributed by atoms with E-state index >= 15 is 0 Å². The number of rotatable bonds is 12. The van der Waals surface area contributed by atoms with E-state index in [4.69, 9.17) is 18.9 Å². The van der Waals surface area contributed by atoms with Gasteiger partial charge in [0.2, 0.25) is 0 Å². The van der Waals surface area contributed by atoms with Gasteiger partial charge in [0.1, 0.15) is 24.7 Å². The molecule has 5 aromatic carbocycles. The maximum atomic E-state index is 12.7. The van der Waals surface area contributed by atoms with Gasteiger partial charge in [0, 0.05) is 11.4 Å². The number of methoxy groups -OCH3 is 2. The molecule has 0 unspecified atom stereocenters. The third kappa shape index (κ3) is 7.74. The zero-order valence-corrected chi connectivity index (χ0v) is 24.4. The Morgan fingerprint density at radius 1 is 0.523 bits per heavy atom. The van der Waals surface area contributed by atoms with Gasteiger partial charge in [0.25, 0.3) is 0 Å². The van der Waals surface area contributed by atoms with Crippen LogP contribution in [0.1, 0.15) is 31.8 Å². The van der Waals surface area contributed by atoms with Crippen molar-refractivity contribution in [1.82, 2.24) is 0 Å². The summed E-state index contributed by atoms with van der Waals surface area (Å²) < 4.78 is 21.7.